The summed E-state index contributed by atoms with van der Waals surface area (Å²) in [6.45, 7) is 14.1. The van der Waals surface area contributed by atoms with Gasteiger partial charge < -0.3 is 24.8 Å². The highest BCUT2D eigenvalue weighted by molar-refractivity contribution is 5.80. The lowest BCUT2D eigenvalue weighted by Crippen LogP contribution is -2.51. The maximum Gasteiger partial charge on any atom is 0.410 e. The molecule has 0 aromatic carbocycles. The summed E-state index contributed by atoms with van der Waals surface area (Å²) in [5.41, 5.74) is 6.05. The van der Waals surface area contributed by atoms with Gasteiger partial charge in [-0.3, -0.25) is 14.5 Å². The van der Waals surface area contributed by atoms with Crippen LogP contribution in [0.3, 0.4) is 0 Å². The van der Waals surface area contributed by atoms with Crippen molar-refractivity contribution in [3.8, 4) is 0 Å². The minimum absolute atomic E-state index is 0.0737. The molecule has 2 aliphatic rings. The molecule has 2 aliphatic heterocycles. The monoisotopic (exact) mass is 423 g/mol. The molecule has 0 aromatic rings. The second-order valence-corrected chi connectivity index (χ2v) is 8.54. The molecule has 168 valence electrons. The smallest absolute Gasteiger partial charge is 0.410 e. The van der Waals surface area contributed by atoms with E-state index in [1.807, 2.05) is 0 Å². The van der Waals surface area contributed by atoms with Gasteiger partial charge in [0, 0.05) is 19.5 Å². The molecule has 2 heterocycles. The Kier molecular flexibility index (Phi) is 8.03. The first-order valence-electron chi connectivity index (χ1n) is 10.1. The van der Waals surface area contributed by atoms with E-state index in [1.165, 1.54) is 6.08 Å². The van der Waals surface area contributed by atoms with E-state index in [1.54, 1.807) is 30.6 Å². The third-order valence-electron chi connectivity index (χ3n) is 4.81. The Morgan fingerprint density at radius 3 is 2.67 bits per heavy atom. The lowest BCUT2D eigenvalue weighted by molar-refractivity contribution is -0.144. The first-order valence-corrected chi connectivity index (χ1v) is 10.1. The van der Waals surface area contributed by atoms with Crippen LogP contribution in [0.4, 0.5) is 4.79 Å². The molecule has 1 unspecified atom stereocenters. The van der Waals surface area contributed by atoms with Crippen LogP contribution in [0.2, 0.25) is 0 Å². The number of carbonyl (C=O) groups excluding carboxylic acids is 3. The zero-order valence-electron chi connectivity index (χ0n) is 18.1. The third kappa shape index (κ3) is 6.30. The molecule has 0 aromatic heterocycles. The predicted molar refractivity (Wildman–Crippen MR) is 110 cm³/mol. The Bertz CT molecular complexity index is 687. The van der Waals surface area contributed by atoms with Gasteiger partial charge in [-0.1, -0.05) is 24.8 Å². The number of nitrogens with zero attached hydrogens (tertiary/aromatic N) is 2. The van der Waals surface area contributed by atoms with Crippen LogP contribution in [-0.2, 0) is 23.8 Å². The van der Waals surface area contributed by atoms with Crippen molar-refractivity contribution in [3.63, 3.8) is 0 Å². The highest BCUT2D eigenvalue weighted by Crippen LogP contribution is 2.31. The molecule has 0 aliphatic carbocycles. The molecule has 9 nitrogen and oxygen atoms in total. The molecule has 0 spiro atoms. The van der Waals surface area contributed by atoms with Gasteiger partial charge in [-0.15, -0.1) is 0 Å². The summed E-state index contributed by atoms with van der Waals surface area (Å²) >= 11 is 0. The minimum atomic E-state index is -0.889. The average molecular weight is 424 g/mol. The van der Waals surface area contributed by atoms with Crippen LogP contribution in [0.25, 0.3) is 0 Å². The van der Waals surface area contributed by atoms with Crippen LogP contribution in [0.1, 0.15) is 40.0 Å². The van der Waals surface area contributed by atoms with Gasteiger partial charge in [-0.2, -0.15) is 0 Å². The van der Waals surface area contributed by atoms with Gasteiger partial charge in [0.15, 0.2) is 6.23 Å². The summed E-state index contributed by atoms with van der Waals surface area (Å²) < 4.78 is 16.2. The summed E-state index contributed by atoms with van der Waals surface area (Å²) in [6, 6.07) is -1.26. The molecule has 2 saturated heterocycles. The van der Waals surface area contributed by atoms with Crippen molar-refractivity contribution in [2.24, 2.45) is 5.73 Å². The number of ether oxygens (including phenoxy) is 3. The molecule has 2 amide bonds. The van der Waals surface area contributed by atoms with E-state index in [2.05, 4.69) is 13.2 Å². The molecule has 3 atom stereocenters. The fourth-order valence-corrected chi connectivity index (χ4v) is 3.47. The summed E-state index contributed by atoms with van der Waals surface area (Å²) in [7, 11) is 0. The molecular formula is C21H33N3O6. The molecule has 2 N–H and O–H groups in total. The Balaban J connectivity index is 2.00. The first-order chi connectivity index (χ1) is 14.0. The van der Waals surface area contributed by atoms with E-state index in [0.29, 0.717) is 26.1 Å². The van der Waals surface area contributed by atoms with Crippen molar-refractivity contribution in [2.75, 3.05) is 26.3 Å². The first kappa shape index (κ1) is 23.9. The second-order valence-electron chi connectivity index (χ2n) is 8.54. The molecule has 2 fully saturated rings. The zero-order chi connectivity index (χ0) is 22.5. The topological polar surface area (TPSA) is 111 Å². The van der Waals surface area contributed by atoms with Gasteiger partial charge in [0.2, 0.25) is 5.91 Å². The second kappa shape index (κ2) is 10.1. The number of amides is 2. The van der Waals surface area contributed by atoms with Gasteiger partial charge in [-0.05, 0) is 33.6 Å². The molecule has 0 radical (unpaired) electrons. The zero-order valence-corrected chi connectivity index (χ0v) is 18.1. The highest BCUT2D eigenvalue weighted by Gasteiger charge is 2.44. The molecule has 9 heteroatoms. The predicted octanol–water partition coefficient (Wildman–Crippen LogP) is 1.57. The Labute approximate surface area is 177 Å². The van der Waals surface area contributed by atoms with Gasteiger partial charge in [0.05, 0.1) is 12.6 Å². The maximum atomic E-state index is 12.8. The summed E-state index contributed by atoms with van der Waals surface area (Å²) in [6.07, 6.45) is 1.17. The SMILES string of the molecule is C=CCOC(=O)[C@@H](N)CCC(=O)N1CCOC1[C@@H]1CC(=C)CN1C(=O)OC(C)(C)C. The van der Waals surface area contributed by atoms with Crippen LogP contribution in [0, 0.1) is 0 Å². The Hall–Kier alpha value is -2.39. The van der Waals surface area contributed by atoms with Crippen LogP contribution in [-0.4, -0.2) is 78.0 Å². The molecule has 0 saturated carbocycles. The van der Waals surface area contributed by atoms with E-state index >= 15 is 0 Å². The maximum absolute atomic E-state index is 12.8. The van der Waals surface area contributed by atoms with Gasteiger partial charge >= 0.3 is 12.1 Å². The molecular weight excluding hydrogens is 390 g/mol. The normalized spacial score (nSPS) is 22.7. The molecule has 0 bridgehead atoms. The Morgan fingerprint density at radius 1 is 1.33 bits per heavy atom. The van der Waals surface area contributed by atoms with Crippen molar-refractivity contribution in [1.29, 1.82) is 0 Å². The van der Waals surface area contributed by atoms with Crippen LogP contribution in [0.5, 0.6) is 0 Å². The van der Waals surface area contributed by atoms with Crippen molar-refractivity contribution in [3.05, 3.63) is 24.8 Å². The number of hydrogen-bond donors (Lipinski definition) is 1. The fraction of sp³-hybridized carbons (Fsp3) is 0.667. The van der Waals surface area contributed by atoms with Crippen molar-refractivity contribution in [1.82, 2.24) is 9.80 Å². The number of rotatable bonds is 7. The van der Waals surface area contributed by atoms with Crippen LogP contribution < -0.4 is 5.73 Å². The number of hydrogen-bond acceptors (Lipinski definition) is 7. The quantitative estimate of drug-likeness (QED) is 0.489. The number of nitrogens with two attached hydrogens (primary N) is 1. The van der Waals surface area contributed by atoms with Crippen molar-refractivity contribution in [2.45, 2.75) is 63.9 Å². The lowest BCUT2D eigenvalue weighted by atomic mass is 10.1. The summed E-state index contributed by atoms with van der Waals surface area (Å²) in [4.78, 5) is 40.4. The van der Waals surface area contributed by atoms with Crippen molar-refractivity contribution >= 4 is 18.0 Å². The molecule has 30 heavy (non-hydrogen) atoms. The Morgan fingerprint density at radius 2 is 2.03 bits per heavy atom. The standard InChI is InChI=1S/C21H33N3O6/c1-6-10-29-19(26)15(22)7-8-17(25)23-9-11-28-18(23)16-12-14(2)13-24(16)20(27)30-21(3,4)5/h6,15-16,18H,1-2,7-13,22H2,3-5H3/t15-,16-,18?/m0/s1. The summed E-state index contributed by atoms with van der Waals surface area (Å²) in [5.74, 6) is -0.758. The van der Waals surface area contributed by atoms with E-state index < -0.39 is 29.9 Å². The highest BCUT2D eigenvalue weighted by atomic mass is 16.6. The fourth-order valence-electron chi connectivity index (χ4n) is 3.47. The van der Waals surface area contributed by atoms with Gasteiger partial charge in [0.1, 0.15) is 18.2 Å². The van der Waals surface area contributed by atoms with Crippen molar-refractivity contribution < 1.29 is 28.6 Å². The van der Waals surface area contributed by atoms with Gasteiger partial charge in [0.25, 0.3) is 0 Å². The molecule has 2 rings (SSSR count). The number of likely N-dealkylation sites (tertiary alicyclic amines) is 1. The summed E-state index contributed by atoms with van der Waals surface area (Å²) in [5, 5.41) is 0. The van der Waals surface area contributed by atoms with Crippen LogP contribution >= 0.6 is 0 Å². The number of carbonyl (C=O) groups is 3. The third-order valence-corrected chi connectivity index (χ3v) is 4.81. The average Bonchev–Trinajstić information content (AvgIpc) is 3.28. The van der Waals surface area contributed by atoms with Crippen LogP contribution in [0.15, 0.2) is 24.8 Å². The lowest BCUT2D eigenvalue weighted by Gasteiger charge is -2.34. The van der Waals surface area contributed by atoms with E-state index in [-0.39, 0.29) is 31.4 Å². The van der Waals surface area contributed by atoms with E-state index in [4.69, 9.17) is 19.9 Å². The van der Waals surface area contributed by atoms with Gasteiger partial charge in [-0.25, -0.2) is 4.79 Å². The largest absolute Gasteiger partial charge is 0.460 e. The minimum Gasteiger partial charge on any atom is -0.460 e. The number of esters is 1. The van der Waals surface area contributed by atoms with E-state index in [0.717, 1.165) is 5.57 Å². The van der Waals surface area contributed by atoms with E-state index in [9.17, 15) is 14.4 Å².